The van der Waals surface area contributed by atoms with Gasteiger partial charge < -0.3 is 9.84 Å². The van der Waals surface area contributed by atoms with Crippen molar-refractivity contribution in [3.05, 3.63) is 47.2 Å². The van der Waals surface area contributed by atoms with Crippen LogP contribution >= 0.6 is 11.6 Å². The van der Waals surface area contributed by atoms with Crippen molar-refractivity contribution in [1.82, 2.24) is 14.7 Å². The second-order valence-corrected chi connectivity index (χ2v) is 6.07. The van der Waals surface area contributed by atoms with Crippen LogP contribution in [-0.2, 0) is 11.3 Å². The van der Waals surface area contributed by atoms with E-state index in [9.17, 15) is 5.11 Å². The lowest BCUT2D eigenvalue weighted by molar-refractivity contribution is 0.107. The summed E-state index contributed by atoms with van der Waals surface area (Å²) in [5, 5.41) is 14.6. The zero-order chi connectivity index (χ0) is 15.5. The highest BCUT2D eigenvalue weighted by molar-refractivity contribution is 6.30. The van der Waals surface area contributed by atoms with Gasteiger partial charge in [0, 0.05) is 43.0 Å². The zero-order valence-corrected chi connectivity index (χ0v) is 13.3. The maximum Gasteiger partial charge on any atom is 0.0714 e. The molecule has 1 aromatic heterocycles. The molecular formula is C16H20ClN3O2. The number of nitrogens with zero attached hydrogens (tertiary/aromatic N) is 3. The van der Waals surface area contributed by atoms with Crippen molar-refractivity contribution in [2.24, 2.45) is 0 Å². The molecule has 0 amide bonds. The SMILES string of the molecule is CO[C@@H]1C[C@@H](CO)N(Cc2cnn(-c3ccc(Cl)cc3)c2)C1. The van der Waals surface area contributed by atoms with Gasteiger partial charge in [-0.15, -0.1) is 0 Å². The second kappa shape index (κ2) is 6.79. The highest BCUT2D eigenvalue weighted by Gasteiger charge is 2.31. The van der Waals surface area contributed by atoms with E-state index in [-0.39, 0.29) is 18.8 Å². The van der Waals surface area contributed by atoms with Crippen molar-refractivity contribution in [3.63, 3.8) is 0 Å². The summed E-state index contributed by atoms with van der Waals surface area (Å²) in [6, 6.07) is 7.73. The summed E-state index contributed by atoms with van der Waals surface area (Å²) in [5.41, 5.74) is 2.09. The second-order valence-electron chi connectivity index (χ2n) is 5.63. The maximum absolute atomic E-state index is 9.51. The standard InChI is InChI=1S/C16H20ClN3O2/c1-22-16-6-15(11-21)19(10-16)8-12-7-18-20(9-12)14-4-2-13(17)3-5-14/h2-5,7,9,15-16,21H,6,8,10-11H2,1H3/t15-,16+/m0/s1. The van der Waals surface area contributed by atoms with Gasteiger partial charge in [-0.2, -0.15) is 5.10 Å². The van der Waals surface area contributed by atoms with Gasteiger partial charge in [0.05, 0.1) is 24.6 Å². The summed E-state index contributed by atoms with van der Waals surface area (Å²) >= 11 is 5.91. The molecule has 1 aliphatic heterocycles. The van der Waals surface area contributed by atoms with E-state index in [4.69, 9.17) is 16.3 Å². The van der Waals surface area contributed by atoms with Crippen LogP contribution in [0.15, 0.2) is 36.7 Å². The number of rotatable bonds is 5. The molecule has 1 fully saturated rings. The van der Waals surface area contributed by atoms with Gasteiger partial charge in [-0.25, -0.2) is 4.68 Å². The van der Waals surface area contributed by atoms with Gasteiger partial charge >= 0.3 is 0 Å². The van der Waals surface area contributed by atoms with Crippen LogP contribution in [0.1, 0.15) is 12.0 Å². The van der Waals surface area contributed by atoms with Gasteiger partial charge in [0.1, 0.15) is 0 Å². The molecule has 2 heterocycles. The predicted molar refractivity (Wildman–Crippen MR) is 85.3 cm³/mol. The van der Waals surface area contributed by atoms with E-state index in [2.05, 4.69) is 10.00 Å². The summed E-state index contributed by atoms with van der Waals surface area (Å²) in [6.45, 7) is 1.76. The minimum atomic E-state index is 0.156. The number of methoxy groups -OCH3 is 1. The van der Waals surface area contributed by atoms with E-state index in [1.165, 1.54) is 0 Å². The largest absolute Gasteiger partial charge is 0.395 e. The monoisotopic (exact) mass is 321 g/mol. The Bertz CT molecular complexity index is 614. The number of likely N-dealkylation sites (tertiary alicyclic amines) is 1. The quantitative estimate of drug-likeness (QED) is 0.916. The zero-order valence-electron chi connectivity index (χ0n) is 12.5. The average Bonchev–Trinajstić information content (AvgIpc) is 3.15. The van der Waals surface area contributed by atoms with Crippen LogP contribution in [0.3, 0.4) is 0 Å². The van der Waals surface area contributed by atoms with Crippen LogP contribution in [0.2, 0.25) is 5.02 Å². The van der Waals surface area contributed by atoms with Crippen LogP contribution in [0.25, 0.3) is 5.69 Å². The predicted octanol–water partition coefficient (Wildman–Crippen LogP) is 2.11. The Hall–Kier alpha value is -1.40. The molecular weight excluding hydrogens is 302 g/mol. The van der Waals surface area contributed by atoms with Crippen LogP contribution in [0.5, 0.6) is 0 Å². The first-order chi connectivity index (χ1) is 10.7. The van der Waals surface area contributed by atoms with E-state index >= 15 is 0 Å². The van der Waals surface area contributed by atoms with E-state index in [0.717, 1.165) is 30.8 Å². The van der Waals surface area contributed by atoms with Crippen molar-refractivity contribution < 1.29 is 9.84 Å². The number of hydrogen-bond donors (Lipinski definition) is 1. The summed E-state index contributed by atoms with van der Waals surface area (Å²) < 4.78 is 7.25. The molecule has 0 spiro atoms. The topological polar surface area (TPSA) is 50.5 Å². The molecule has 118 valence electrons. The maximum atomic E-state index is 9.51. The molecule has 1 aliphatic rings. The summed E-state index contributed by atoms with van der Waals surface area (Å²) in [6.07, 6.45) is 4.95. The van der Waals surface area contributed by atoms with E-state index in [0.29, 0.717) is 5.02 Å². The first-order valence-corrected chi connectivity index (χ1v) is 7.74. The number of hydrogen-bond acceptors (Lipinski definition) is 4. The highest BCUT2D eigenvalue weighted by Crippen LogP contribution is 2.22. The minimum Gasteiger partial charge on any atom is -0.395 e. The number of ether oxygens (including phenoxy) is 1. The van der Waals surface area contributed by atoms with Crippen LogP contribution in [0, 0.1) is 0 Å². The van der Waals surface area contributed by atoms with Gasteiger partial charge in [0.2, 0.25) is 0 Å². The lowest BCUT2D eigenvalue weighted by atomic mass is 10.2. The average molecular weight is 322 g/mol. The molecule has 3 rings (SSSR count). The molecule has 0 saturated carbocycles. The normalized spacial score (nSPS) is 22.3. The molecule has 1 N–H and O–H groups in total. The number of benzene rings is 1. The third-order valence-corrected chi connectivity index (χ3v) is 4.40. The molecule has 5 nitrogen and oxygen atoms in total. The number of aliphatic hydroxyl groups excluding tert-OH is 1. The fraction of sp³-hybridized carbons (Fsp3) is 0.438. The van der Waals surface area contributed by atoms with Gasteiger partial charge in [0.15, 0.2) is 0 Å². The van der Waals surface area contributed by atoms with Crippen molar-refractivity contribution in [1.29, 1.82) is 0 Å². The lowest BCUT2D eigenvalue weighted by Crippen LogP contribution is -2.31. The van der Waals surface area contributed by atoms with Gasteiger partial charge in [-0.1, -0.05) is 11.6 Å². The van der Waals surface area contributed by atoms with Gasteiger partial charge in [-0.3, -0.25) is 4.90 Å². The minimum absolute atomic E-state index is 0.156. The van der Waals surface area contributed by atoms with Gasteiger partial charge in [0.25, 0.3) is 0 Å². The lowest BCUT2D eigenvalue weighted by Gasteiger charge is -2.21. The summed E-state index contributed by atoms with van der Waals surface area (Å²) in [4.78, 5) is 2.25. The van der Waals surface area contributed by atoms with Crippen molar-refractivity contribution >= 4 is 11.6 Å². The van der Waals surface area contributed by atoms with E-state index < -0.39 is 0 Å². The highest BCUT2D eigenvalue weighted by atomic mass is 35.5. The van der Waals surface area contributed by atoms with Crippen molar-refractivity contribution in [2.75, 3.05) is 20.3 Å². The van der Waals surface area contributed by atoms with Crippen molar-refractivity contribution in [3.8, 4) is 5.69 Å². The smallest absolute Gasteiger partial charge is 0.0714 e. The third kappa shape index (κ3) is 3.33. The number of aromatic nitrogens is 2. The van der Waals surface area contributed by atoms with E-state index in [1.807, 2.05) is 41.3 Å². The summed E-state index contributed by atoms with van der Waals surface area (Å²) in [7, 11) is 1.72. The summed E-state index contributed by atoms with van der Waals surface area (Å²) in [5.74, 6) is 0. The molecule has 1 aromatic carbocycles. The number of halogens is 1. The Morgan fingerprint density at radius 3 is 2.82 bits per heavy atom. The Kier molecular flexibility index (Phi) is 4.78. The molecule has 2 atom stereocenters. The van der Waals surface area contributed by atoms with Crippen LogP contribution < -0.4 is 0 Å². The molecule has 1 saturated heterocycles. The van der Waals surface area contributed by atoms with Crippen LogP contribution in [-0.4, -0.2) is 52.2 Å². The fourth-order valence-electron chi connectivity index (χ4n) is 2.90. The third-order valence-electron chi connectivity index (χ3n) is 4.15. The fourth-order valence-corrected chi connectivity index (χ4v) is 3.03. The molecule has 0 unspecified atom stereocenters. The molecule has 22 heavy (non-hydrogen) atoms. The molecule has 0 bridgehead atoms. The number of aliphatic hydroxyl groups is 1. The Labute approximate surface area is 135 Å². The van der Waals surface area contributed by atoms with Crippen molar-refractivity contribution in [2.45, 2.75) is 25.1 Å². The molecule has 0 radical (unpaired) electrons. The first-order valence-electron chi connectivity index (χ1n) is 7.37. The molecule has 2 aromatic rings. The Morgan fingerprint density at radius 1 is 1.36 bits per heavy atom. The van der Waals surface area contributed by atoms with Gasteiger partial charge in [-0.05, 0) is 30.7 Å². The van der Waals surface area contributed by atoms with E-state index in [1.54, 1.807) is 7.11 Å². The molecule has 6 heteroatoms. The Balaban J connectivity index is 1.70. The molecule has 0 aliphatic carbocycles. The first kappa shape index (κ1) is 15.5. The van der Waals surface area contributed by atoms with Crippen LogP contribution in [0.4, 0.5) is 0 Å². The Morgan fingerprint density at radius 2 is 2.14 bits per heavy atom.